The summed E-state index contributed by atoms with van der Waals surface area (Å²) >= 11 is 0. The van der Waals surface area contributed by atoms with Crippen molar-refractivity contribution in [3.05, 3.63) is 0 Å². The van der Waals surface area contributed by atoms with Gasteiger partial charge in [-0.25, -0.2) is 0 Å². The third kappa shape index (κ3) is 7.67. The Kier molecular flexibility index (Phi) is 9.02. The zero-order valence-electron chi connectivity index (χ0n) is 13.0. The van der Waals surface area contributed by atoms with Crippen LogP contribution in [-0.4, -0.2) is 61.5 Å². The van der Waals surface area contributed by atoms with E-state index in [1.54, 1.807) is 0 Å². The average Bonchev–Trinajstić information content (AvgIpc) is 2.24. The van der Waals surface area contributed by atoms with Crippen LogP contribution >= 0.6 is 0 Å². The van der Waals surface area contributed by atoms with Crippen molar-refractivity contribution in [2.24, 2.45) is 0 Å². The maximum atomic E-state index is 12.1. The molecule has 1 amide bonds. The number of nitrogens with zero attached hydrogens (tertiary/aromatic N) is 2. The molecule has 1 atom stereocenters. The van der Waals surface area contributed by atoms with Crippen molar-refractivity contribution in [1.29, 1.82) is 0 Å². The molecule has 0 aliphatic heterocycles. The summed E-state index contributed by atoms with van der Waals surface area (Å²) in [5.41, 5.74) is 0. The Hall–Kier alpha value is -0.610. The molecule has 0 bridgehead atoms. The fourth-order valence-corrected chi connectivity index (χ4v) is 2.13. The molecule has 0 aliphatic rings. The van der Waals surface area contributed by atoms with E-state index in [-0.39, 0.29) is 11.9 Å². The first kappa shape index (κ1) is 17.4. The van der Waals surface area contributed by atoms with Gasteiger partial charge in [-0.05, 0) is 40.9 Å². The Morgan fingerprint density at radius 2 is 1.83 bits per heavy atom. The number of hydrogen-bond donors (Lipinski definition) is 1. The third-order valence-electron chi connectivity index (χ3n) is 2.94. The Labute approximate surface area is 113 Å². The lowest BCUT2D eigenvalue weighted by Crippen LogP contribution is -2.43. The van der Waals surface area contributed by atoms with Crippen LogP contribution in [0, 0.1) is 0 Å². The molecule has 0 fully saturated rings. The molecule has 4 nitrogen and oxygen atoms in total. The van der Waals surface area contributed by atoms with E-state index in [1.807, 2.05) is 19.0 Å². The number of carbonyl (C=O) groups excluding carboxylic acids is 1. The van der Waals surface area contributed by atoms with Crippen LogP contribution in [-0.2, 0) is 4.79 Å². The van der Waals surface area contributed by atoms with Gasteiger partial charge < -0.3 is 15.1 Å². The highest BCUT2D eigenvalue weighted by molar-refractivity contribution is 5.76. The molecule has 0 saturated heterocycles. The van der Waals surface area contributed by atoms with E-state index in [0.717, 1.165) is 26.1 Å². The Balaban J connectivity index is 4.02. The highest BCUT2D eigenvalue weighted by Crippen LogP contribution is 2.05. The molecular weight excluding hydrogens is 226 g/mol. The van der Waals surface area contributed by atoms with Gasteiger partial charge in [-0.3, -0.25) is 4.79 Å². The lowest BCUT2D eigenvalue weighted by molar-refractivity contribution is -0.133. The molecule has 108 valence electrons. The van der Waals surface area contributed by atoms with Crippen LogP contribution in [0.4, 0.5) is 0 Å². The van der Waals surface area contributed by atoms with Gasteiger partial charge in [0.15, 0.2) is 0 Å². The summed E-state index contributed by atoms with van der Waals surface area (Å²) < 4.78 is 0. The van der Waals surface area contributed by atoms with Crippen LogP contribution in [0.25, 0.3) is 0 Å². The molecule has 18 heavy (non-hydrogen) atoms. The van der Waals surface area contributed by atoms with Crippen LogP contribution in [0.2, 0.25) is 0 Å². The summed E-state index contributed by atoms with van der Waals surface area (Å²) in [6.07, 6.45) is 1.56. The van der Waals surface area contributed by atoms with E-state index < -0.39 is 0 Å². The van der Waals surface area contributed by atoms with E-state index in [0.29, 0.717) is 12.5 Å². The Bertz CT molecular complexity index is 229. The largest absolute Gasteiger partial charge is 0.339 e. The Morgan fingerprint density at radius 3 is 2.28 bits per heavy atom. The van der Waals surface area contributed by atoms with Crippen molar-refractivity contribution in [3.63, 3.8) is 0 Å². The number of carbonyl (C=O) groups is 1. The van der Waals surface area contributed by atoms with Gasteiger partial charge in [-0.1, -0.05) is 13.8 Å². The van der Waals surface area contributed by atoms with Gasteiger partial charge in [0.05, 0.1) is 0 Å². The molecular formula is C14H31N3O. The molecule has 1 N–H and O–H groups in total. The lowest BCUT2D eigenvalue weighted by Gasteiger charge is -2.30. The standard InChI is InChI=1S/C14H31N3O/c1-7-17(13(4)11-16(5)6)14(18)9-8-10-15-12(2)3/h12-13,15H,7-11H2,1-6H3. The normalized spacial score (nSPS) is 13.1. The van der Waals surface area contributed by atoms with Crippen molar-refractivity contribution in [2.75, 3.05) is 33.7 Å². The van der Waals surface area contributed by atoms with Crippen molar-refractivity contribution >= 4 is 5.91 Å². The van der Waals surface area contributed by atoms with Crippen molar-refractivity contribution in [1.82, 2.24) is 15.1 Å². The molecule has 1 unspecified atom stereocenters. The minimum Gasteiger partial charge on any atom is -0.339 e. The topological polar surface area (TPSA) is 35.6 Å². The van der Waals surface area contributed by atoms with Crippen molar-refractivity contribution < 1.29 is 4.79 Å². The molecule has 0 aromatic heterocycles. The highest BCUT2D eigenvalue weighted by Gasteiger charge is 2.18. The molecule has 0 radical (unpaired) electrons. The summed E-state index contributed by atoms with van der Waals surface area (Å²) in [5.74, 6) is 0.275. The molecule has 0 saturated carbocycles. The first-order valence-corrected chi connectivity index (χ1v) is 7.06. The first-order chi connectivity index (χ1) is 8.38. The average molecular weight is 257 g/mol. The fourth-order valence-electron chi connectivity index (χ4n) is 2.13. The molecule has 4 heteroatoms. The number of hydrogen-bond acceptors (Lipinski definition) is 3. The SMILES string of the molecule is CCN(C(=O)CCCNC(C)C)C(C)CN(C)C. The summed E-state index contributed by atoms with van der Waals surface area (Å²) in [5, 5.41) is 3.34. The summed E-state index contributed by atoms with van der Waals surface area (Å²) in [4.78, 5) is 16.2. The summed E-state index contributed by atoms with van der Waals surface area (Å²) in [7, 11) is 4.09. The number of nitrogens with one attached hydrogen (secondary N) is 1. The highest BCUT2D eigenvalue weighted by atomic mass is 16.2. The summed E-state index contributed by atoms with van der Waals surface area (Å²) in [6, 6.07) is 0.783. The first-order valence-electron chi connectivity index (χ1n) is 7.06. The second kappa shape index (κ2) is 9.34. The number of amides is 1. The monoisotopic (exact) mass is 257 g/mol. The predicted octanol–water partition coefficient (Wildman–Crippen LogP) is 1.56. The quantitative estimate of drug-likeness (QED) is 0.637. The minimum atomic E-state index is 0.275. The van der Waals surface area contributed by atoms with E-state index in [1.165, 1.54) is 0 Å². The second-order valence-corrected chi connectivity index (χ2v) is 5.50. The fraction of sp³-hybridized carbons (Fsp3) is 0.929. The minimum absolute atomic E-state index is 0.275. The molecule has 0 aromatic carbocycles. The van der Waals surface area contributed by atoms with Crippen LogP contribution < -0.4 is 5.32 Å². The van der Waals surface area contributed by atoms with Crippen LogP contribution in [0.3, 0.4) is 0 Å². The van der Waals surface area contributed by atoms with Gasteiger partial charge in [0.2, 0.25) is 5.91 Å². The van der Waals surface area contributed by atoms with Gasteiger partial charge in [0.1, 0.15) is 0 Å². The molecule has 0 rings (SSSR count). The molecule has 0 heterocycles. The smallest absolute Gasteiger partial charge is 0.222 e. The van der Waals surface area contributed by atoms with E-state index in [4.69, 9.17) is 0 Å². The van der Waals surface area contributed by atoms with Gasteiger partial charge in [-0.2, -0.15) is 0 Å². The molecule has 0 aliphatic carbocycles. The van der Waals surface area contributed by atoms with Gasteiger partial charge in [0, 0.05) is 31.6 Å². The van der Waals surface area contributed by atoms with Gasteiger partial charge in [-0.15, -0.1) is 0 Å². The van der Waals surface area contributed by atoms with Crippen molar-refractivity contribution in [3.8, 4) is 0 Å². The molecule has 0 aromatic rings. The van der Waals surface area contributed by atoms with E-state index >= 15 is 0 Å². The van der Waals surface area contributed by atoms with Crippen LogP contribution in [0.1, 0.15) is 40.5 Å². The maximum Gasteiger partial charge on any atom is 0.222 e. The van der Waals surface area contributed by atoms with E-state index in [2.05, 4.69) is 37.9 Å². The van der Waals surface area contributed by atoms with Crippen molar-refractivity contribution in [2.45, 2.75) is 52.6 Å². The summed E-state index contributed by atoms with van der Waals surface area (Å²) in [6.45, 7) is 11.1. The van der Waals surface area contributed by atoms with Crippen LogP contribution in [0.5, 0.6) is 0 Å². The number of rotatable bonds is 9. The van der Waals surface area contributed by atoms with Crippen LogP contribution in [0.15, 0.2) is 0 Å². The third-order valence-corrected chi connectivity index (χ3v) is 2.94. The maximum absolute atomic E-state index is 12.1. The lowest BCUT2D eigenvalue weighted by atomic mass is 10.2. The zero-order valence-corrected chi connectivity index (χ0v) is 13.0. The van der Waals surface area contributed by atoms with Gasteiger partial charge in [0.25, 0.3) is 0 Å². The zero-order chi connectivity index (χ0) is 14.1. The molecule has 0 spiro atoms. The number of likely N-dealkylation sites (N-methyl/N-ethyl adjacent to an activating group) is 2. The second-order valence-electron chi connectivity index (χ2n) is 5.50. The Morgan fingerprint density at radius 1 is 1.22 bits per heavy atom. The predicted molar refractivity (Wildman–Crippen MR) is 77.8 cm³/mol. The van der Waals surface area contributed by atoms with E-state index in [9.17, 15) is 4.79 Å². The van der Waals surface area contributed by atoms with Gasteiger partial charge >= 0.3 is 0 Å².